The predicted molar refractivity (Wildman–Crippen MR) is 77.3 cm³/mol. The van der Waals surface area contributed by atoms with E-state index in [2.05, 4.69) is 38.1 Å². The summed E-state index contributed by atoms with van der Waals surface area (Å²) in [4.78, 5) is 10.8. The number of rotatable bonds is 3. The monoisotopic (exact) mass is 254 g/mol. The molecule has 98 valence electrons. The molecule has 0 atom stereocenters. The van der Waals surface area contributed by atoms with Crippen molar-refractivity contribution in [3.05, 3.63) is 54.1 Å². The van der Waals surface area contributed by atoms with Crippen LogP contribution in [0, 0.1) is 0 Å². The van der Waals surface area contributed by atoms with Gasteiger partial charge in [-0.15, -0.1) is 0 Å². The van der Waals surface area contributed by atoms with E-state index >= 15 is 0 Å². The maximum absolute atomic E-state index is 10.8. The molecule has 0 aromatic heterocycles. The number of esters is 1. The van der Waals surface area contributed by atoms with Crippen molar-refractivity contribution in [2.75, 3.05) is 0 Å². The highest BCUT2D eigenvalue weighted by atomic mass is 16.5. The zero-order chi connectivity index (χ0) is 13.8. The van der Waals surface area contributed by atoms with Crippen LogP contribution in [0.5, 0.6) is 5.75 Å². The molecule has 2 aromatic rings. The SMILES string of the molecule is CC(=O)Oc1ccc(-c2ccc(C(C)C)cc2)cc1. The van der Waals surface area contributed by atoms with Crippen LogP contribution < -0.4 is 4.74 Å². The van der Waals surface area contributed by atoms with E-state index in [9.17, 15) is 4.79 Å². The Kier molecular flexibility index (Phi) is 4.00. The van der Waals surface area contributed by atoms with Gasteiger partial charge in [0.2, 0.25) is 0 Å². The summed E-state index contributed by atoms with van der Waals surface area (Å²) in [6, 6.07) is 16.1. The summed E-state index contributed by atoms with van der Waals surface area (Å²) in [5.74, 6) is 0.824. The largest absolute Gasteiger partial charge is 0.427 e. The third-order valence-corrected chi connectivity index (χ3v) is 3.03. The summed E-state index contributed by atoms with van der Waals surface area (Å²) in [5, 5.41) is 0. The van der Waals surface area contributed by atoms with Gasteiger partial charge in [-0.05, 0) is 34.7 Å². The van der Waals surface area contributed by atoms with E-state index in [4.69, 9.17) is 4.74 Å². The van der Waals surface area contributed by atoms with Gasteiger partial charge in [0, 0.05) is 6.92 Å². The van der Waals surface area contributed by atoms with Gasteiger partial charge in [-0.3, -0.25) is 4.79 Å². The van der Waals surface area contributed by atoms with E-state index in [-0.39, 0.29) is 5.97 Å². The van der Waals surface area contributed by atoms with Crippen LogP contribution in [0.2, 0.25) is 0 Å². The maximum Gasteiger partial charge on any atom is 0.308 e. The van der Waals surface area contributed by atoms with Gasteiger partial charge in [0.05, 0.1) is 0 Å². The molecule has 0 spiro atoms. The van der Waals surface area contributed by atoms with Crippen molar-refractivity contribution in [3.63, 3.8) is 0 Å². The summed E-state index contributed by atoms with van der Waals surface area (Å²) >= 11 is 0. The lowest BCUT2D eigenvalue weighted by atomic mass is 9.99. The Bertz CT molecular complexity index is 551. The highest BCUT2D eigenvalue weighted by molar-refractivity contribution is 5.70. The number of carbonyl (C=O) groups excluding carboxylic acids is 1. The Labute approximate surface area is 114 Å². The zero-order valence-electron chi connectivity index (χ0n) is 11.5. The second-order valence-corrected chi connectivity index (χ2v) is 4.89. The molecule has 0 saturated heterocycles. The highest BCUT2D eigenvalue weighted by Crippen LogP contribution is 2.24. The van der Waals surface area contributed by atoms with Gasteiger partial charge in [-0.2, -0.15) is 0 Å². The van der Waals surface area contributed by atoms with Crippen molar-refractivity contribution in [2.24, 2.45) is 0 Å². The summed E-state index contributed by atoms with van der Waals surface area (Å²) < 4.78 is 5.02. The molecule has 2 nitrogen and oxygen atoms in total. The molecule has 0 N–H and O–H groups in total. The van der Waals surface area contributed by atoms with Crippen molar-refractivity contribution in [3.8, 4) is 16.9 Å². The molecule has 0 aliphatic heterocycles. The average molecular weight is 254 g/mol. The van der Waals surface area contributed by atoms with Gasteiger partial charge < -0.3 is 4.74 Å². The smallest absolute Gasteiger partial charge is 0.308 e. The van der Waals surface area contributed by atoms with Crippen LogP contribution in [-0.4, -0.2) is 5.97 Å². The van der Waals surface area contributed by atoms with E-state index < -0.39 is 0 Å². The molecule has 2 rings (SSSR count). The van der Waals surface area contributed by atoms with Gasteiger partial charge in [0.15, 0.2) is 0 Å². The predicted octanol–water partition coefficient (Wildman–Crippen LogP) is 4.40. The molecule has 19 heavy (non-hydrogen) atoms. The standard InChI is InChI=1S/C17H18O2/c1-12(2)14-4-6-15(7-5-14)16-8-10-17(11-9-16)19-13(3)18/h4-12H,1-3H3. The molecule has 0 fully saturated rings. The van der Waals surface area contributed by atoms with E-state index in [1.54, 1.807) is 0 Å². The zero-order valence-corrected chi connectivity index (χ0v) is 11.5. The van der Waals surface area contributed by atoms with E-state index in [0.29, 0.717) is 11.7 Å². The fourth-order valence-corrected chi connectivity index (χ4v) is 1.94. The number of benzene rings is 2. The molecule has 2 heteroatoms. The summed E-state index contributed by atoms with van der Waals surface area (Å²) in [5.41, 5.74) is 3.62. The molecular weight excluding hydrogens is 236 g/mol. The maximum atomic E-state index is 10.8. The Balaban J connectivity index is 2.19. The summed E-state index contributed by atoms with van der Waals surface area (Å²) in [7, 11) is 0. The van der Waals surface area contributed by atoms with Crippen LogP contribution in [0.1, 0.15) is 32.3 Å². The van der Waals surface area contributed by atoms with Crippen molar-refractivity contribution >= 4 is 5.97 Å². The Morgan fingerprint density at radius 2 is 1.37 bits per heavy atom. The summed E-state index contributed by atoms with van der Waals surface area (Å²) in [6.45, 7) is 5.77. The van der Waals surface area contributed by atoms with E-state index in [0.717, 1.165) is 5.56 Å². The second-order valence-electron chi connectivity index (χ2n) is 4.89. The van der Waals surface area contributed by atoms with Crippen LogP contribution in [-0.2, 0) is 4.79 Å². The van der Waals surface area contributed by atoms with Crippen molar-refractivity contribution in [2.45, 2.75) is 26.7 Å². The van der Waals surface area contributed by atoms with Crippen LogP contribution in [0.15, 0.2) is 48.5 Å². The number of hydrogen-bond acceptors (Lipinski definition) is 2. The number of ether oxygens (including phenoxy) is 1. The topological polar surface area (TPSA) is 26.3 Å². The molecule has 0 aliphatic rings. The Hall–Kier alpha value is -2.09. The van der Waals surface area contributed by atoms with E-state index in [1.807, 2.05) is 24.3 Å². The van der Waals surface area contributed by atoms with Gasteiger partial charge in [0.1, 0.15) is 5.75 Å². The molecule has 0 bridgehead atoms. The lowest BCUT2D eigenvalue weighted by Gasteiger charge is -2.08. The minimum absolute atomic E-state index is 0.297. The fraction of sp³-hybridized carbons (Fsp3) is 0.235. The lowest BCUT2D eigenvalue weighted by Crippen LogP contribution is -2.00. The molecule has 0 radical (unpaired) electrons. The van der Waals surface area contributed by atoms with Crippen molar-refractivity contribution in [1.82, 2.24) is 0 Å². The first kappa shape index (κ1) is 13.3. The van der Waals surface area contributed by atoms with Gasteiger partial charge in [0.25, 0.3) is 0 Å². The number of hydrogen-bond donors (Lipinski definition) is 0. The summed E-state index contributed by atoms with van der Waals surface area (Å²) in [6.07, 6.45) is 0. The van der Waals surface area contributed by atoms with Crippen LogP contribution in [0.25, 0.3) is 11.1 Å². The first-order valence-electron chi connectivity index (χ1n) is 6.45. The van der Waals surface area contributed by atoms with Gasteiger partial charge in [-0.25, -0.2) is 0 Å². The molecule has 0 unspecified atom stereocenters. The first-order chi connectivity index (χ1) is 9.06. The van der Waals surface area contributed by atoms with Crippen molar-refractivity contribution < 1.29 is 9.53 Å². The fourth-order valence-electron chi connectivity index (χ4n) is 1.94. The second kappa shape index (κ2) is 5.70. The molecule has 0 aliphatic carbocycles. The minimum atomic E-state index is -0.297. The quantitative estimate of drug-likeness (QED) is 0.599. The minimum Gasteiger partial charge on any atom is -0.427 e. The van der Waals surface area contributed by atoms with Crippen LogP contribution in [0.4, 0.5) is 0 Å². The lowest BCUT2D eigenvalue weighted by molar-refractivity contribution is -0.131. The highest BCUT2D eigenvalue weighted by Gasteiger charge is 2.02. The molecule has 2 aromatic carbocycles. The normalized spacial score (nSPS) is 10.5. The van der Waals surface area contributed by atoms with Crippen molar-refractivity contribution in [1.29, 1.82) is 0 Å². The Morgan fingerprint density at radius 1 is 0.895 bits per heavy atom. The number of carbonyl (C=O) groups is 1. The molecule has 0 heterocycles. The van der Waals surface area contributed by atoms with Gasteiger partial charge in [-0.1, -0.05) is 50.2 Å². The molecule has 0 amide bonds. The first-order valence-corrected chi connectivity index (χ1v) is 6.45. The third kappa shape index (κ3) is 3.44. The Morgan fingerprint density at radius 3 is 1.79 bits per heavy atom. The molecular formula is C17H18O2. The van der Waals surface area contributed by atoms with Crippen LogP contribution in [0.3, 0.4) is 0 Å². The van der Waals surface area contributed by atoms with E-state index in [1.165, 1.54) is 18.1 Å². The average Bonchev–Trinajstić information content (AvgIpc) is 2.39. The molecule has 0 saturated carbocycles. The van der Waals surface area contributed by atoms with Crippen LogP contribution >= 0.6 is 0 Å². The third-order valence-electron chi connectivity index (χ3n) is 3.03. The van der Waals surface area contributed by atoms with Gasteiger partial charge >= 0.3 is 5.97 Å².